The fourth-order valence-corrected chi connectivity index (χ4v) is 5.31. The van der Waals surface area contributed by atoms with E-state index in [1.807, 2.05) is 30.3 Å². The molecule has 28 heavy (non-hydrogen) atoms. The second-order valence-electron chi connectivity index (χ2n) is 6.58. The van der Waals surface area contributed by atoms with Crippen LogP contribution in [0.2, 0.25) is 0 Å². The monoisotopic (exact) mass is 412 g/mol. The lowest BCUT2D eigenvalue weighted by molar-refractivity contribution is -0.113. The summed E-state index contributed by atoms with van der Waals surface area (Å²) in [5, 5.41) is 4.13. The maximum absolute atomic E-state index is 12.4. The molecule has 6 nitrogen and oxygen atoms in total. The topological polar surface area (TPSA) is 101 Å². The molecule has 0 unspecified atom stereocenters. The van der Waals surface area contributed by atoms with Gasteiger partial charge < -0.3 is 16.0 Å². The smallest absolute Gasteiger partial charge is 0.251 e. The normalized spacial score (nSPS) is 13.1. The van der Waals surface area contributed by atoms with Crippen molar-refractivity contribution in [3.8, 4) is 11.3 Å². The highest BCUT2D eigenvalue weighted by Crippen LogP contribution is 2.38. The number of H-pyrrole nitrogens is 1. The minimum absolute atomic E-state index is 0.177. The van der Waals surface area contributed by atoms with Crippen LogP contribution in [0.15, 0.2) is 41.7 Å². The molecule has 0 saturated carbocycles. The van der Waals surface area contributed by atoms with E-state index in [9.17, 15) is 9.59 Å². The van der Waals surface area contributed by atoms with Crippen LogP contribution in [0.5, 0.6) is 0 Å². The number of nitrogens with two attached hydrogens (primary N) is 1. The van der Waals surface area contributed by atoms with Gasteiger partial charge in [-0.1, -0.05) is 42.1 Å². The summed E-state index contributed by atoms with van der Waals surface area (Å²) in [4.78, 5) is 33.1. The first-order valence-electron chi connectivity index (χ1n) is 9.09. The molecule has 2 heterocycles. The standard InChI is InChI=1S/C20H20N4O2S2/c21-18(26)17-13-8-4-5-9-15(13)28-19(17)24-16(25)11-27-20-22-10-14(23-20)12-6-2-1-3-7-12/h1-3,6-7,10H,4-5,8-9,11H2,(H2,21,26)(H,22,23)(H,24,25). The predicted molar refractivity (Wildman–Crippen MR) is 113 cm³/mol. The first-order chi connectivity index (χ1) is 13.6. The molecule has 4 N–H and O–H groups in total. The summed E-state index contributed by atoms with van der Waals surface area (Å²) in [6.45, 7) is 0. The van der Waals surface area contributed by atoms with Gasteiger partial charge in [-0.05, 0) is 36.8 Å². The molecule has 1 aliphatic rings. The maximum atomic E-state index is 12.4. The number of nitrogens with one attached hydrogen (secondary N) is 2. The van der Waals surface area contributed by atoms with Crippen LogP contribution in [-0.2, 0) is 17.6 Å². The van der Waals surface area contributed by atoms with Crippen LogP contribution in [0.25, 0.3) is 11.3 Å². The van der Waals surface area contributed by atoms with E-state index in [0.717, 1.165) is 42.5 Å². The van der Waals surface area contributed by atoms with Crippen molar-refractivity contribution in [2.45, 2.75) is 30.8 Å². The first kappa shape index (κ1) is 18.8. The molecule has 144 valence electrons. The molecule has 2 amide bonds. The lowest BCUT2D eigenvalue weighted by atomic mass is 9.95. The molecule has 0 atom stereocenters. The van der Waals surface area contributed by atoms with E-state index in [-0.39, 0.29) is 11.7 Å². The van der Waals surface area contributed by atoms with E-state index < -0.39 is 5.91 Å². The molecule has 0 spiro atoms. The van der Waals surface area contributed by atoms with Gasteiger partial charge in [-0.2, -0.15) is 0 Å². The van der Waals surface area contributed by atoms with E-state index in [4.69, 9.17) is 5.73 Å². The van der Waals surface area contributed by atoms with E-state index in [1.54, 1.807) is 6.20 Å². The Kier molecular flexibility index (Phi) is 5.50. The van der Waals surface area contributed by atoms with Crippen LogP contribution in [0, 0.1) is 0 Å². The van der Waals surface area contributed by atoms with Gasteiger partial charge in [-0.15, -0.1) is 11.3 Å². The number of rotatable bonds is 6. The average Bonchev–Trinajstić information content (AvgIpc) is 3.31. The summed E-state index contributed by atoms with van der Waals surface area (Å²) >= 11 is 2.80. The van der Waals surface area contributed by atoms with Crippen molar-refractivity contribution in [2.75, 3.05) is 11.1 Å². The van der Waals surface area contributed by atoms with Crippen LogP contribution >= 0.6 is 23.1 Å². The Morgan fingerprint density at radius 3 is 2.79 bits per heavy atom. The lowest BCUT2D eigenvalue weighted by Crippen LogP contribution is -2.19. The summed E-state index contributed by atoms with van der Waals surface area (Å²) < 4.78 is 0. The minimum atomic E-state index is -0.471. The molecule has 0 saturated heterocycles. The number of aromatic nitrogens is 2. The second-order valence-corrected chi connectivity index (χ2v) is 8.65. The fourth-order valence-electron chi connectivity index (χ4n) is 3.35. The maximum Gasteiger partial charge on any atom is 0.251 e. The highest BCUT2D eigenvalue weighted by molar-refractivity contribution is 7.99. The van der Waals surface area contributed by atoms with Gasteiger partial charge in [0.25, 0.3) is 5.91 Å². The van der Waals surface area contributed by atoms with Gasteiger partial charge in [-0.25, -0.2) is 4.98 Å². The number of anilines is 1. The number of thioether (sulfide) groups is 1. The third kappa shape index (κ3) is 3.98. The number of nitrogens with zero attached hydrogens (tertiary/aromatic N) is 1. The lowest BCUT2D eigenvalue weighted by Gasteiger charge is -2.11. The molecule has 0 bridgehead atoms. The number of amides is 2. The number of hydrogen-bond acceptors (Lipinski definition) is 5. The van der Waals surface area contributed by atoms with Gasteiger partial charge in [-0.3, -0.25) is 9.59 Å². The fraction of sp³-hybridized carbons (Fsp3) is 0.250. The van der Waals surface area contributed by atoms with Crippen molar-refractivity contribution in [1.29, 1.82) is 0 Å². The van der Waals surface area contributed by atoms with Crippen LogP contribution in [0.1, 0.15) is 33.6 Å². The Balaban J connectivity index is 1.41. The van der Waals surface area contributed by atoms with Gasteiger partial charge in [0.2, 0.25) is 5.91 Å². The average molecular weight is 413 g/mol. The number of carbonyl (C=O) groups is 2. The van der Waals surface area contributed by atoms with Crippen molar-refractivity contribution >= 4 is 39.9 Å². The number of thiophene rings is 1. The van der Waals surface area contributed by atoms with Crippen molar-refractivity contribution in [2.24, 2.45) is 5.73 Å². The van der Waals surface area contributed by atoms with Crippen LogP contribution < -0.4 is 11.1 Å². The van der Waals surface area contributed by atoms with Crippen molar-refractivity contribution < 1.29 is 9.59 Å². The van der Waals surface area contributed by atoms with Crippen LogP contribution in [-0.4, -0.2) is 27.5 Å². The largest absolute Gasteiger partial charge is 0.365 e. The summed E-state index contributed by atoms with van der Waals surface area (Å²) in [6.07, 6.45) is 5.71. The van der Waals surface area contributed by atoms with E-state index in [2.05, 4.69) is 15.3 Å². The minimum Gasteiger partial charge on any atom is -0.365 e. The van der Waals surface area contributed by atoms with Crippen LogP contribution in [0.4, 0.5) is 5.00 Å². The first-order valence-corrected chi connectivity index (χ1v) is 10.9. The number of benzene rings is 1. The molecule has 0 radical (unpaired) electrons. The van der Waals surface area contributed by atoms with E-state index in [1.165, 1.54) is 28.0 Å². The molecule has 8 heteroatoms. The Hall–Kier alpha value is -2.58. The SMILES string of the molecule is NC(=O)c1c(NC(=O)CSc2ncc(-c3ccccc3)[nH]2)sc2c1CCCC2. The molecule has 1 aliphatic carbocycles. The van der Waals surface area contributed by atoms with Crippen LogP contribution in [0.3, 0.4) is 0 Å². The highest BCUT2D eigenvalue weighted by atomic mass is 32.2. The van der Waals surface area contributed by atoms with Gasteiger partial charge in [0.15, 0.2) is 5.16 Å². The summed E-state index contributed by atoms with van der Waals surface area (Å²) in [7, 11) is 0. The third-order valence-corrected chi connectivity index (χ3v) is 6.74. The molecular formula is C20H20N4O2S2. The Morgan fingerprint density at radius 1 is 1.21 bits per heavy atom. The number of carbonyl (C=O) groups excluding carboxylic acids is 2. The number of aryl methyl sites for hydroxylation is 1. The molecule has 2 aromatic heterocycles. The summed E-state index contributed by atoms with van der Waals surface area (Å²) in [6, 6.07) is 9.89. The summed E-state index contributed by atoms with van der Waals surface area (Å²) in [5.74, 6) is -0.452. The molecule has 3 aromatic rings. The number of primary amides is 1. The van der Waals surface area contributed by atoms with Crippen molar-refractivity contribution in [1.82, 2.24) is 9.97 Å². The number of aromatic amines is 1. The van der Waals surface area contributed by atoms with Gasteiger partial charge >= 0.3 is 0 Å². The molecule has 1 aromatic carbocycles. The zero-order valence-electron chi connectivity index (χ0n) is 15.2. The van der Waals surface area contributed by atoms with Gasteiger partial charge in [0.05, 0.1) is 23.2 Å². The Bertz CT molecular complexity index is 1010. The zero-order valence-corrected chi connectivity index (χ0v) is 16.8. The molecular weight excluding hydrogens is 392 g/mol. The van der Waals surface area contributed by atoms with E-state index in [0.29, 0.717) is 15.7 Å². The molecule has 4 rings (SSSR count). The van der Waals surface area contributed by atoms with Crippen molar-refractivity contribution in [3.63, 3.8) is 0 Å². The highest BCUT2D eigenvalue weighted by Gasteiger charge is 2.25. The number of hydrogen-bond donors (Lipinski definition) is 3. The summed E-state index contributed by atoms with van der Waals surface area (Å²) in [5.41, 5.74) is 9.04. The number of fused-ring (bicyclic) bond motifs is 1. The van der Waals surface area contributed by atoms with Gasteiger partial charge in [0, 0.05) is 4.88 Å². The number of imidazole rings is 1. The predicted octanol–water partition coefficient (Wildman–Crippen LogP) is 3.85. The van der Waals surface area contributed by atoms with Gasteiger partial charge in [0.1, 0.15) is 5.00 Å². The second kappa shape index (κ2) is 8.20. The van der Waals surface area contributed by atoms with E-state index >= 15 is 0 Å². The Morgan fingerprint density at radius 2 is 2.00 bits per heavy atom. The molecule has 0 fully saturated rings. The molecule has 0 aliphatic heterocycles. The third-order valence-electron chi connectivity index (χ3n) is 4.65. The zero-order chi connectivity index (χ0) is 19.5. The quantitative estimate of drug-likeness (QED) is 0.535. The van der Waals surface area contributed by atoms with Crippen molar-refractivity contribution in [3.05, 3.63) is 52.5 Å². The Labute approximate surface area is 170 Å².